The summed E-state index contributed by atoms with van der Waals surface area (Å²) in [4.78, 5) is -0.0461. The van der Waals surface area contributed by atoms with Gasteiger partial charge in [0, 0.05) is 6.04 Å². The van der Waals surface area contributed by atoms with Crippen LogP contribution in [-0.4, -0.2) is 14.5 Å². The van der Waals surface area contributed by atoms with E-state index in [1.54, 1.807) is 0 Å². The highest BCUT2D eigenvalue weighted by Gasteiger charge is 2.24. The molecule has 0 aliphatic rings. The fourth-order valence-corrected chi connectivity index (χ4v) is 3.94. The van der Waals surface area contributed by atoms with E-state index in [-0.39, 0.29) is 32.6 Å². The van der Waals surface area contributed by atoms with Crippen LogP contribution in [0, 0.1) is 5.92 Å². The summed E-state index contributed by atoms with van der Waals surface area (Å²) in [5.74, 6) is 0.184. The van der Waals surface area contributed by atoms with E-state index >= 15 is 0 Å². The van der Waals surface area contributed by atoms with Gasteiger partial charge >= 0.3 is 0 Å². The van der Waals surface area contributed by atoms with Gasteiger partial charge in [0.2, 0.25) is 10.0 Å². The Bertz CT molecular complexity index is 559. The number of benzene rings is 1. The lowest BCUT2D eigenvalue weighted by molar-refractivity contribution is 0.437. The van der Waals surface area contributed by atoms with Gasteiger partial charge in [0.05, 0.1) is 15.7 Å². The van der Waals surface area contributed by atoms with E-state index in [2.05, 4.69) is 4.72 Å². The molecule has 0 fully saturated rings. The minimum atomic E-state index is -3.71. The highest BCUT2D eigenvalue weighted by molar-refractivity contribution is 7.89. The number of nitrogens with one attached hydrogen (secondary N) is 1. The normalized spacial score (nSPS) is 13.8. The molecule has 0 aromatic heterocycles. The third kappa shape index (κ3) is 3.75. The van der Waals surface area contributed by atoms with Gasteiger partial charge < -0.3 is 5.73 Å². The quantitative estimate of drug-likeness (QED) is 0.816. The molecule has 4 nitrogen and oxygen atoms in total. The Hall–Kier alpha value is -0.490. The van der Waals surface area contributed by atoms with E-state index in [9.17, 15) is 8.42 Å². The van der Waals surface area contributed by atoms with Gasteiger partial charge in [-0.3, -0.25) is 0 Å². The van der Waals surface area contributed by atoms with Crippen LogP contribution in [0.4, 0.5) is 5.69 Å². The van der Waals surface area contributed by atoms with Gasteiger partial charge in [0.1, 0.15) is 4.90 Å². The van der Waals surface area contributed by atoms with E-state index in [1.807, 2.05) is 20.8 Å². The summed E-state index contributed by atoms with van der Waals surface area (Å²) >= 11 is 11.8. The van der Waals surface area contributed by atoms with Crippen molar-refractivity contribution in [2.45, 2.75) is 38.1 Å². The molecule has 0 saturated heterocycles. The van der Waals surface area contributed by atoms with Crippen molar-refractivity contribution < 1.29 is 8.42 Å². The van der Waals surface area contributed by atoms with Gasteiger partial charge in [0.25, 0.3) is 0 Å². The van der Waals surface area contributed by atoms with Crippen molar-refractivity contribution in [2.24, 2.45) is 5.92 Å². The molecule has 1 atom stereocenters. The van der Waals surface area contributed by atoms with Crippen LogP contribution in [0.3, 0.4) is 0 Å². The number of anilines is 1. The van der Waals surface area contributed by atoms with Crippen LogP contribution in [0.5, 0.6) is 0 Å². The third-order valence-electron chi connectivity index (χ3n) is 2.93. The number of halogens is 2. The Morgan fingerprint density at radius 3 is 2.37 bits per heavy atom. The average molecular weight is 325 g/mol. The molecule has 0 spiro atoms. The number of sulfonamides is 1. The first kappa shape index (κ1) is 16.6. The van der Waals surface area contributed by atoms with Crippen molar-refractivity contribution in [3.63, 3.8) is 0 Å². The van der Waals surface area contributed by atoms with E-state index in [0.717, 1.165) is 0 Å². The second kappa shape index (κ2) is 6.31. The molecule has 0 saturated carbocycles. The Balaban J connectivity index is 3.18. The van der Waals surface area contributed by atoms with Crippen LogP contribution < -0.4 is 10.5 Å². The van der Waals surface area contributed by atoms with E-state index in [0.29, 0.717) is 6.42 Å². The molecular weight excluding hydrogens is 307 g/mol. The van der Waals surface area contributed by atoms with Crippen molar-refractivity contribution in [1.82, 2.24) is 4.72 Å². The zero-order valence-corrected chi connectivity index (χ0v) is 13.4. The first-order chi connectivity index (χ1) is 8.70. The lowest BCUT2D eigenvalue weighted by atomic mass is 10.0. The Kier molecular flexibility index (Phi) is 5.50. The maximum absolute atomic E-state index is 12.3. The Labute approximate surface area is 124 Å². The van der Waals surface area contributed by atoms with Crippen molar-refractivity contribution in [3.8, 4) is 0 Å². The van der Waals surface area contributed by atoms with E-state index in [4.69, 9.17) is 28.9 Å². The topological polar surface area (TPSA) is 72.2 Å². The van der Waals surface area contributed by atoms with Gasteiger partial charge in [-0.25, -0.2) is 13.1 Å². The molecule has 0 aliphatic carbocycles. The maximum Gasteiger partial charge on any atom is 0.242 e. The number of hydrogen-bond acceptors (Lipinski definition) is 3. The molecule has 0 heterocycles. The molecule has 0 amide bonds. The van der Waals surface area contributed by atoms with Crippen molar-refractivity contribution >= 4 is 38.9 Å². The summed E-state index contributed by atoms with van der Waals surface area (Å²) < 4.78 is 27.2. The monoisotopic (exact) mass is 324 g/mol. The van der Waals surface area contributed by atoms with Gasteiger partial charge in [0.15, 0.2) is 0 Å². The van der Waals surface area contributed by atoms with Crippen LogP contribution in [0.1, 0.15) is 27.2 Å². The Morgan fingerprint density at radius 1 is 1.32 bits per heavy atom. The average Bonchev–Trinajstić information content (AvgIpc) is 2.32. The molecule has 1 aromatic carbocycles. The van der Waals surface area contributed by atoms with Gasteiger partial charge in [-0.2, -0.15) is 0 Å². The first-order valence-corrected chi connectivity index (χ1v) is 8.20. The van der Waals surface area contributed by atoms with E-state index in [1.165, 1.54) is 12.1 Å². The van der Waals surface area contributed by atoms with Crippen LogP contribution in [0.15, 0.2) is 17.0 Å². The van der Waals surface area contributed by atoms with Gasteiger partial charge in [-0.15, -0.1) is 0 Å². The molecule has 1 unspecified atom stereocenters. The largest absolute Gasteiger partial charge is 0.396 e. The lowest BCUT2D eigenvalue weighted by Crippen LogP contribution is -2.38. The smallest absolute Gasteiger partial charge is 0.242 e. The summed E-state index contributed by atoms with van der Waals surface area (Å²) in [6.07, 6.45) is 0.692. The molecule has 0 aliphatic heterocycles. The van der Waals surface area contributed by atoms with Crippen molar-refractivity contribution in [2.75, 3.05) is 5.73 Å². The summed E-state index contributed by atoms with van der Waals surface area (Å²) in [6.45, 7) is 5.83. The first-order valence-electron chi connectivity index (χ1n) is 5.96. The number of nitrogen functional groups attached to an aromatic ring is 1. The van der Waals surface area contributed by atoms with Crippen molar-refractivity contribution in [3.05, 3.63) is 22.2 Å². The SMILES string of the molecule is CCC(NS(=O)(=O)c1ccc(Cl)c(N)c1Cl)C(C)C. The van der Waals surface area contributed by atoms with Crippen LogP contribution in [0.2, 0.25) is 10.0 Å². The molecule has 3 N–H and O–H groups in total. The van der Waals surface area contributed by atoms with Crippen LogP contribution >= 0.6 is 23.2 Å². The number of rotatable bonds is 5. The van der Waals surface area contributed by atoms with Crippen LogP contribution in [-0.2, 0) is 10.0 Å². The molecule has 1 rings (SSSR count). The fourth-order valence-electron chi connectivity index (χ4n) is 1.71. The predicted octanol–water partition coefficient (Wildman–Crippen LogP) is 3.29. The summed E-state index contributed by atoms with van der Waals surface area (Å²) in [6, 6.07) is 2.63. The molecule has 108 valence electrons. The van der Waals surface area contributed by atoms with Gasteiger partial charge in [-0.1, -0.05) is 44.0 Å². The molecule has 7 heteroatoms. The molecule has 1 aromatic rings. The molecular formula is C12H18Cl2N2O2S. The highest BCUT2D eigenvalue weighted by Crippen LogP contribution is 2.33. The number of hydrogen-bond donors (Lipinski definition) is 2. The second-order valence-corrected chi connectivity index (χ2v) is 7.12. The fraction of sp³-hybridized carbons (Fsp3) is 0.500. The standard InChI is InChI=1S/C12H18Cl2N2O2S/c1-4-9(7(2)3)16-19(17,18)10-6-5-8(13)12(15)11(10)14/h5-7,9,16H,4,15H2,1-3H3. The zero-order chi connectivity index (χ0) is 14.8. The minimum Gasteiger partial charge on any atom is -0.396 e. The second-order valence-electron chi connectivity index (χ2n) is 4.65. The summed E-state index contributed by atoms with van der Waals surface area (Å²) in [7, 11) is -3.71. The Morgan fingerprint density at radius 2 is 1.89 bits per heavy atom. The van der Waals surface area contributed by atoms with Gasteiger partial charge in [-0.05, 0) is 24.5 Å². The lowest BCUT2D eigenvalue weighted by Gasteiger charge is -2.21. The third-order valence-corrected chi connectivity index (χ3v) is 5.31. The molecule has 19 heavy (non-hydrogen) atoms. The minimum absolute atomic E-state index is 0.0430. The van der Waals surface area contributed by atoms with Crippen LogP contribution in [0.25, 0.3) is 0 Å². The zero-order valence-electron chi connectivity index (χ0n) is 11.1. The molecule has 0 radical (unpaired) electrons. The van der Waals surface area contributed by atoms with E-state index < -0.39 is 10.0 Å². The molecule has 0 bridgehead atoms. The predicted molar refractivity (Wildman–Crippen MR) is 80.1 cm³/mol. The number of nitrogens with two attached hydrogens (primary N) is 1. The summed E-state index contributed by atoms with van der Waals surface area (Å²) in [5.41, 5.74) is 5.72. The van der Waals surface area contributed by atoms with Crippen molar-refractivity contribution in [1.29, 1.82) is 0 Å². The summed E-state index contributed by atoms with van der Waals surface area (Å²) in [5, 5.41) is 0.193. The maximum atomic E-state index is 12.3. The highest BCUT2D eigenvalue weighted by atomic mass is 35.5.